The SMILES string of the molecule is O=C(c1cc2c(Cl)ccc(F)c2[nH]1)N1CCC1. The van der Waals surface area contributed by atoms with Gasteiger partial charge in [-0.3, -0.25) is 4.79 Å². The summed E-state index contributed by atoms with van der Waals surface area (Å²) in [5.41, 5.74) is 0.688. The van der Waals surface area contributed by atoms with Gasteiger partial charge in [-0.05, 0) is 24.6 Å². The monoisotopic (exact) mass is 252 g/mol. The first-order chi connectivity index (χ1) is 8.16. The van der Waals surface area contributed by atoms with Crippen molar-refractivity contribution in [3.8, 4) is 0 Å². The summed E-state index contributed by atoms with van der Waals surface area (Å²) < 4.78 is 13.5. The van der Waals surface area contributed by atoms with Crippen LogP contribution in [-0.4, -0.2) is 28.9 Å². The van der Waals surface area contributed by atoms with E-state index in [-0.39, 0.29) is 5.91 Å². The Hall–Kier alpha value is -1.55. The number of hydrogen-bond acceptors (Lipinski definition) is 1. The number of carbonyl (C=O) groups is 1. The van der Waals surface area contributed by atoms with Crippen molar-refractivity contribution in [1.29, 1.82) is 0 Å². The quantitative estimate of drug-likeness (QED) is 0.832. The molecule has 88 valence electrons. The number of rotatable bonds is 1. The zero-order chi connectivity index (χ0) is 12.0. The van der Waals surface area contributed by atoms with E-state index in [2.05, 4.69) is 4.98 Å². The molecule has 1 N–H and O–H groups in total. The molecule has 3 nitrogen and oxygen atoms in total. The number of nitrogens with one attached hydrogen (secondary N) is 1. The predicted octanol–water partition coefficient (Wildman–Crippen LogP) is 2.81. The Morgan fingerprint density at radius 3 is 2.76 bits per heavy atom. The summed E-state index contributed by atoms with van der Waals surface area (Å²) in [5.74, 6) is -0.491. The van der Waals surface area contributed by atoms with Crippen molar-refractivity contribution in [2.24, 2.45) is 0 Å². The molecule has 3 rings (SSSR count). The minimum Gasteiger partial charge on any atom is -0.348 e. The Morgan fingerprint density at radius 2 is 2.18 bits per heavy atom. The standard InChI is InChI=1S/C12H10ClFN2O/c13-8-2-3-9(14)11-7(8)6-10(15-11)12(17)16-4-1-5-16/h2-3,6,15H,1,4-5H2. The van der Waals surface area contributed by atoms with Crippen LogP contribution in [0.3, 0.4) is 0 Å². The maximum absolute atomic E-state index is 13.5. The van der Waals surface area contributed by atoms with Crippen LogP contribution in [0.25, 0.3) is 10.9 Å². The molecule has 0 unspecified atom stereocenters. The van der Waals surface area contributed by atoms with Gasteiger partial charge in [0.1, 0.15) is 11.5 Å². The highest BCUT2D eigenvalue weighted by Crippen LogP contribution is 2.27. The fourth-order valence-corrected chi connectivity index (χ4v) is 2.17. The van der Waals surface area contributed by atoms with Gasteiger partial charge in [-0.15, -0.1) is 0 Å². The minimum absolute atomic E-state index is 0.0945. The van der Waals surface area contributed by atoms with E-state index in [1.165, 1.54) is 12.1 Å². The number of fused-ring (bicyclic) bond motifs is 1. The summed E-state index contributed by atoms with van der Waals surface area (Å²) in [7, 11) is 0. The van der Waals surface area contributed by atoms with E-state index in [1.807, 2.05) is 0 Å². The minimum atomic E-state index is -0.396. The van der Waals surface area contributed by atoms with Crippen LogP contribution in [-0.2, 0) is 0 Å². The normalized spacial score (nSPS) is 15.1. The van der Waals surface area contributed by atoms with E-state index in [0.29, 0.717) is 21.6 Å². The van der Waals surface area contributed by atoms with Gasteiger partial charge < -0.3 is 9.88 Å². The lowest BCUT2D eigenvalue weighted by Gasteiger charge is -2.30. The Kier molecular flexibility index (Phi) is 2.33. The van der Waals surface area contributed by atoms with E-state index in [0.717, 1.165) is 19.5 Å². The van der Waals surface area contributed by atoms with Gasteiger partial charge in [-0.2, -0.15) is 0 Å². The van der Waals surface area contributed by atoms with Crippen LogP contribution in [0.15, 0.2) is 18.2 Å². The third-order valence-electron chi connectivity index (χ3n) is 3.06. The molecule has 1 aliphatic rings. The number of aromatic nitrogens is 1. The van der Waals surface area contributed by atoms with Gasteiger partial charge in [0.25, 0.3) is 5.91 Å². The molecule has 17 heavy (non-hydrogen) atoms. The first-order valence-electron chi connectivity index (χ1n) is 5.43. The number of aromatic amines is 1. The molecule has 0 radical (unpaired) electrons. The van der Waals surface area contributed by atoms with Gasteiger partial charge in [0.2, 0.25) is 0 Å². The zero-order valence-electron chi connectivity index (χ0n) is 8.96. The molecule has 1 saturated heterocycles. The number of nitrogens with zero attached hydrogens (tertiary/aromatic N) is 1. The third-order valence-corrected chi connectivity index (χ3v) is 3.39. The van der Waals surface area contributed by atoms with Gasteiger partial charge in [0.05, 0.1) is 10.5 Å². The lowest BCUT2D eigenvalue weighted by Crippen LogP contribution is -2.42. The molecular weight excluding hydrogens is 243 g/mol. The topological polar surface area (TPSA) is 36.1 Å². The zero-order valence-corrected chi connectivity index (χ0v) is 9.72. The number of benzene rings is 1. The van der Waals surface area contributed by atoms with Crippen molar-refractivity contribution in [3.05, 3.63) is 34.7 Å². The third kappa shape index (κ3) is 1.60. The molecule has 2 aromatic rings. The fraction of sp³-hybridized carbons (Fsp3) is 0.250. The second-order valence-electron chi connectivity index (χ2n) is 4.15. The number of halogens is 2. The van der Waals surface area contributed by atoms with E-state index < -0.39 is 5.82 Å². The number of hydrogen-bond donors (Lipinski definition) is 1. The lowest BCUT2D eigenvalue weighted by molar-refractivity contribution is 0.0646. The smallest absolute Gasteiger partial charge is 0.270 e. The molecule has 1 fully saturated rings. The van der Waals surface area contributed by atoms with Crippen molar-refractivity contribution in [2.45, 2.75) is 6.42 Å². The highest BCUT2D eigenvalue weighted by atomic mass is 35.5. The number of amides is 1. The summed E-state index contributed by atoms with van der Waals surface area (Å²) >= 11 is 5.96. The van der Waals surface area contributed by atoms with Crippen LogP contribution < -0.4 is 0 Å². The molecule has 1 aliphatic heterocycles. The molecule has 0 aliphatic carbocycles. The molecule has 0 saturated carbocycles. The van der Waals surface area contributed by atoms with Crippen molar-refractivity contribution >= 4 is 28.4 Å². The fourth-order valence-electron chi connectivity index (χ4n) is 1.96. The second kappa shape index (κ2) is 3.74. The lowest BCUT2D eigenvalue weighted by atomic mass is 10.2. The predicted molar refractivity (Wildman–Crippen MR) is 63.8 cm³/mol. The van der Waals surface area contributed by atoms with Crippen LogP contribution in [0, 0.1) is 5.82 Å². The van der Waals surface area contributed by atoms with Crippen LogP contribution in [0.5, 0.6) is 0 Å². The second-order valence-corrected chi connectivity index (χ2v) is 4.55. The van der Waals surface area contributed by atoms with Gasteiger partial charge in [0.15, 0.2) is 0 Å². The average molecular weight is 253 g/mol. The number of carbonyl (C=O) groups excluding carboxylic acids is 1. The largest absolute Gasteiger partial charge is 0.348 e. The molecular formula is C12H10ClFN2O. The van der Waals surface area contributed by atoms with Crippen molar-refractivity contribution in [3.63, 3.8) is 0 Å². The summed E-state index contributed by atoms with van der Waals surface area (Å²) in [4.78, 5) is 16.5. The van der Waals surface area contributed by atoms with Crippen molar-refractivity contribution in [2.75, 3.05) is 13.1 Å². The highest BCUT2D eigenvalue weighted by molar-refractivity contribution is 6.35. The van der Waals surface area contributed by atoms with Gasteiger partial charge >= 0.3 is 0 Å². The Balaban J connectivity index is 2.09. The van der Waals surface area contributed by atoms with Crippen LogP contribution in [0.4, 0.5) is 4.39 Å². The molecule has 0 spiro atoms. The average Bonchev–Trinajstić information content (AvgIpc) is 2.67. The number of likely N-dealkylation sites (tertiary alicyclic amines) is 1. The summed E-state index contributed by atoms with van der Waals surface area (Å²) in [6.45, 7) is 1.54. The molecule has 1 aromatic carbocycles. The van der Waals surface area contributed by atoms with Crippen LogP contribution >= 0.6 is 11.6 Å². The number of H-pyrrole nitrogens is 1. The highest BCUT2D eigenvalue weighted by Gasteiger charge is 2.23. The van der Waals surface area contributed by atoms with Crippen LogP contribution in [0.2, 0.25) is 5.02 Å². The summed E-state index contributed by atoms with van der Waals surface area (Å²) in [6.07, 6.45) is 1.03. The van der Waals surface area contributed by atoms with Gasteiger partial charge in [-0.1, -0.05) is 11.6 Å². The van der Waals surface area contributed by atoms with E-state index in [9.17, 15) is 9.18 Å². The maximum atomic E-state index is 13.5. The molecule has 0 atom stereocenters. The molecule has 2 heterocycles. The molecule has 5 heteroatoms. The molecule has 0 bridgehead atoms. The summed E-state index contributed by atoms with van der Waals surface area (Å²) in [5, 5.41) is 0.996. The van der Waals surface area contributed by atoms with Crippen LogP contribution in [0.1, 0.15) is 16.9 Å². The van der Waals surface area contributed by atoms with Crippen molar-refractivity contribution < 1.29 is 9.18 Å². The van der Waals surface area contributed by atoms with E-state index in [4.69, 9.17) is 11.6 Å². The van der Waals surface area contributed by atoms with Gasteiger partial charge in [0, 0.05) is 18.5 Å². The molecule has 1 aromatic heterocycles. The Labute approximate surface area is 102 Å². The Morgan fingerprint density at radius 1 is 1.41 bits per heavy atom. The van der Waals surface area contributed by atoms with Crippen molar-refractivity contribution in [1.82, 2.24) is 9.88 Å². The van der Waals surface area contributed by atoms with E-state index >= 15 is 0 Å². The van der Waals surface area contributed by atoms with E-state index in [1.54, 1.807) is 11.0 Å². The maximum Gasteiger partial charge on any atom is 0.270 e. The summed E-state index contributed by atoms with van der Waals surface area (Å²) in [6, 6.07) is 4.39. The van der Waals surface area contributed by atoms with Gasteiger partial charge in [-0.25, -0.2) is 4.39 Å². The molecule has 1 amide bonds. The Bertz CT molecular complexity index is 565. The first-order valence-corrected chi connectivity index (χ1v) is 5.80. The first kappa shape index (κ1) is 10.6.